The Kier molecular flexibility index (Phi) is 6.14. The van der Waals surface area contributed by atoms with Crippen LogP contribution >= 0.6 is 7.60 Å². The summed E-state index contributed by atoms with van der Waals surface area (Å²) < 4.78 is 10.7. The van der Waals surface area contributed by atoms with Crippen LogP contribution < -0.4 is 5.30 Å². The molecule has 1 aromatic carbocycles. The fourth-order valence-corrected chi connectivity index (χ4v) is 2.50. The van der Waals surface area contributed by atoms with Gasteiger partial charge in [0.05, 0.1) is 10.9 Å². The lowest BCUT2D eigenvalue weighted by Gasteiger charge is -2.03. The van der Waals surface area contributed by atoms with Crippen LogP contribution in [-0.4, -0.2) is 30.8 Å². The highest BCUT2D eigenvalue weighted by atomic mass is 31.2. The van der Waals surface area contributed by atoms with Crippen molar-refractivity contribution in [2.75, 3.05) is 0 Å². The first kappa shape index (κ1) is 18.5. The zero-order valence-electron chi connectivity index (χ0n) is 12.9. The van der Waals surface area contributed by atoms with Crippen molar-refractivity contribution in [2.24, 2.45) is 0 Å². The van der Waals surface area contributed by atoms with Crippen molar-refractivity contribution in [2.45, 2.75) is 0 Å². The first-order chi connectivity index (χ1) is 11.9. The number of hydrogen-bond acceptors (Lipinski definition) is 4. The van der Waals surface area contributed by atoms with Gasteiger partial charge in [0.25, 0.3) is 0 Å². The second kappa shape index (κ2) is 8.30. The summed E-state index contributed by atoms with van der Waals surface area (Å²) >= 11 is 0. The lowest BCUT2D eigenvalue weighted by molar-refractivity contribution is 0.0697. The van der Waals surface area contributed by atoms with Crippen LogP contribution in [0.25, 0.3) is 11.1 Å². The molecule has 0 bridgehead atoms. The molecule has 0 fully saturated rings. The van der Waals surface area contributed by atoms with E-state index >= 15 is 0 Å². The second-order valence-electron chi connectivity index (χ2n) is 4.87. The number of aromatic nitrogens is 2. The second-order valence-corrected chi connectivity index (χ2v) is 6.48. The maximum atomic E-state index is 10.7. The van der Waals surface area contributed by atoms with Crippen LogP contribution in [0.15, 0.2) is 73.3 Å². The van der Waals surface area contributed by atoms with Crippen LogP contribution in [-0.2, 0) is 4.57 Å². The Morgan fingerprint density at radius 2 is 1.32 bits per heavy atom. The van der Waals surface area contributed by atoms with Crippen LogP contribution in [0.3, 0.4) is 0 Å². The highest BCUT2D eigenvalue weighted by Gasteiger charge is 2.18. The molecule has 2 aromatic heterocycles. The molecule has 0 unspecified atom stereocenters. The molecule has 0 amide bonds. The topological polar surface area (TPSA) is 121 Å². The molecule has 0 spiro atoms. The normalized spacial score (nSPS) is 10.5. The molecule has 0 aliphatic heterocycles. The number of carbonyl (C=O) groups is 1. The van der Waals surface area contributed by atoms with Gasteiger partial charge < -0.3 is 14.9 Å². The number of aromatic carboxylic acids is 1. The number of pyridine rings is 2. The van der Waals surface area contributed by atoms with Crippen molar-refractivity contribution >= 4 is 18.9 Å². The Labute approximate surface area is 143 Å². The fraction of sp³-hybridized carbons (Fsp3) is 0. The van der Waals surface area contributed by atoms with E-state index in [0.29, 0.717) is 0 Å². The molecular formula is C17H15N2O5P. The molecule has 0 atom stereocenters. The standard InChI is InChI=1S/C10H8N2.C7H7O5P/c1-5-11-6-2-9(1)10-3-7-12-8-4-10;8-7(9)5-2-1-3-6(4-5)13(10,11)12/h1-8H;1-4H,(H,8,9)(H2,10,11,12). The van der Waals surface area contributed by atoms with Crippen LogP contribution in [0.4, 0.5) is 0 Å². The average molecular weight is 358 g/mol. The minimum atomic E-state index is -4.35. The van der Waals surface area contributed by atoms with Gasteiger partial charge in [-0.15, -0.1) is 0 Å². The Morgan fingerprint density at radius 1 is 0.840 bits per heavy atom. The molecule has 0 aliphatic carbocycles. The third-order valence-electron chi connectivity index (χ3n) is 3.12. The molecule has 3 rings (SSSR count). The van der Waals surface area contributed by atoms with Gasteiger partial charge >= 0.3 is 13.6 Å². The highest BCUT2D eigenvalue weighted by Crippen LogP contribution is 2.32. The lowest BCUT2D eigenvalue weighted by Crippen LogP contribution is -2.07. The van der Waals surface area contributed by atoms with Crippen molar-refractivity contribution < 1.29 is 24.3 Å². The van der Waals surface area contributed by atoms with E-state index in [0.717, 1.165) is 6.07 Å². The SMILES string of the molecule is O=C(O)c1cccc(P(=O)(O)O)c1.c1cc(-c2ccncc2)ccn1. The molecule has 25 heavy (non-hydrogen) atoms. The number of benzene rings is 1. The number of carboxylic acid groups (broad SMARTS) is 1. The van der Waals surface area contributed by atoms with Gasteiger partial charge in [0.1, 0.15) is 0 Å². The van der Waals surface area contributed by atoms with Gasteiger partial charge in [-0.2, -0.15) is 0 Å². The maximum Gasteiger partial charge on any atom is 0.356 e. The molecule has 7 nitrogen and oxygen atoms in total. The monoisotopic (exact) mass is 358 g/mol. The molecule has 3 aromatic rings. The van der Waals surface area contributed by atoms with Gasteiger partial charge in [-0.1, -0.05) is 6.07 Å². The minimum absolute atomic E-state index is 0.138. The maximum absolute atomic E-state index is 10.7. The van der Waals surface area contributed by atoms with E-state index in [2.05, 4.69) is 9.97 Å². The first-order valence-electron chi connectivity index (χ1n) is 7.08. The van der Waals surface area contributed by atoms with Crippen molar-refractivity contribution in [3.8, 4) is 11.1 Å². The van der Waals surface area contributed by atoms with E-state index in [-0.39, 0.29) is 10.9 Å². The number of hydrogen-bond donors (Lipinski definition) is 3. The van der Waals surface area contributed by atoms with Crippen molar-refractivity contribution in [1.29, 1.82) is 0 Å². The Morgan fingerprint density at radius 3 is 1.72 bits per heavy atom. The smallest absolute Gasteiger partial charge is 0.356 e. The van der Waals surface area contributed by atoms with E-state index in [4.69, 9.17) is 14.9 Å². The summed E-state index contributed by atoms with van der Waals surface area (Å²) in [7, 11) is -4.35. The summed E-state index contributed by atoms with van der Waals surface area (Å²) in [6.07, 6.45) is 7.15. The van der Waals surface area contributed by atoms with Crippen molar-refractivity contribution in [3.63, 3.8) is 0 Å². The summed E-state index contributed by atoms with van der Waals surface area (Å²) in [6.45, 7) is 0. The summed E-state index contributed by atoms with van der Waals surface area (Å²) in [5, 5.41) is 8.24. The van der Waals surface area contributed by atoms with Gasteiger partial charge in [0.2, 0.25) is 0 Å². The van der Waals surface area contributed by atoms with E-state index in [1.165, 1.54) is 29.3 Å². The Bertz CT molecular complexity index is 844. The van der Waals surface area contributed by atoms with Crippen LogP contribution in [0.1, 0.15) is 10.4 Å². The molecule has 8 heteroatoms. The zero-order valence-corrected chi connectivity index (χ0v) is 13.8. The van der Waals surface area contributed by atoms with E-state index < -0.39 is 13.6 Å². The summed E-state index contributed by atoms with van der Waals surface area (Å²) in [5.74, 6) is -1.21. The van der Waals surface area contributed by atoms with Crippen LogP contribution in [0.2, 0.25) is 0 Å². The van der Waals surface area contributed by atoms with Crippen LogP contribution in [0, 0.1) is 0 Å². The van der Waals surface area contributed by atoms with Crippen LogP contribution in [0.5, 0.6) is 0 Å². The Balaban J connectivity index is 0.000000181. The summed E-state index contributed by atoms with van der Waals surface area (Å²) in [6, 6.07) is 12.6. The molecule has 0 saturated carbocycles. The van der Waals surface area contributed by atoms with Gasteiger partial charge in [-0.25, -0.2) is 4.79 Å². The molecule has 128 valence electrons. The molecule has 0 saturated heterocycles. The third kappa shape index (κ3) is 5.61. The van der Waals surface area contributed by atoms with E-state index in [1.54, 1.807) is 24.8 Å². The summed E-state index contributed by atoms with van der Waals surface area (Å²) in [5.41, 5.74) is 2.21. The zero-order chi connectivity index (χ0) is 18.3. The van der Waals surface area contributed by atoms with Crippen molar-refractivity contribution in [1.82, 2.24) is 9.97 Å². The fourth-order valence-electron chi connectivity index (χ4n) is 1.91. The average Bonchev–Trinajstić information content (AvgIpc) is 2.63. The van der Waals surface area contributed by atoms with E-state index in [9.17, 15) is 9.36 Å². The number of carboxylic acids is 1. The summed E-state index contributed by atoms with van der Waals surface area (Å²) in [4.78, 5) is 35.8. The van der Waals surface area contributed by atoms with Gasteiger partial charge in [0.15, 0.2) is 0 Å². The number of nitrogens with zero attached hydrogens (tertiary/aromatic N) is 2. The first-order valence-corrected chi connectivity index (χ1v) is 8.69. The van der Waals surface area contributed by atoms with E-state index in [1.807, 2.05) is 24.3 Å². The van der Waals surface area contributed by atoms with Gasteiger partial charge in [-0.3, -0.25) is 14.5 Å². The predicted octanol–water partition coefficient (Wildman–Crippen LogP) is 2.33. The largest absolute Gasteiger partial charge is 0.478 e. The van der Waals surface area contributed by atoms with Gasteiger partial charge in [-0.05, 0) is 53.6 Å². The molecule has 3 N–H and O–H groups in total. The molecule has 0 radical (unpaired) electrons. The molecular weight excluding hydrogens is 343 g/mol. The third-order valence-corrected chi connectivity index (χ3v) is 4.07. The minimum Gasteiger partial charge on any atom is -0.478 e. The molecule has 0 aliphatic rings. The van der Waals surface area contributed by atoms with Crippen molar-refractivity contribution in [3.05, 3.63) is 78.9 Å². The Hall–Kier alpha value is -2.86. The quantitative estimate of drug-likeness (QED) is 0.615. The lowest BCUT2D eigenvalue weighted by atomic mass is 10.1. The molecule has 2 heterocycles. The number of rotatable bonds is 3. The highest BCUT2D eigenvalue weighted by molar-refractivity contribution is 7.60. The van der Waals surface area contributed by atoms with Gasteiger partial charge in [0, 0.05) is 24.8 Å². The predicted molar refractivity (Wildman–Crippen MR) is 92.5 cm³/mol.